The van der Waals surface area contributed by atoms with Gasteiger partial charge >= 0.3 is 5.97 Å². The molecule has 3 atom stereocenters. The molecule has 4 heterocycles. The van der Waals surface area contributed by atoms with Gasteiger partial charge in [0, 0.05) is 28.6 Å². The molecule has 0 spiro atoms. The molecule has 2 aromatic heterocycles. The zero-order valence-corrected chi connectivity index (χ0v) is 35.9. The van der Waals surface area contributed by atoms with Gasteiger partial charge < -0.3 is 54.0 Å². The van der Waals surface area contributed by atoms with Gasteiger partial charge in [-0.05, 0) is 67.9 Å². The molecule has 1 aliphatic carbocycles. The maximum atomic E-state index is 13.8. The van der Waals surface area contributed by atoms with Crippen LogP contribution in [0.5, 0.6) is 0 Å². The number of amides is 3. The summed E-state index contributed by atoms with van der Waals surface area (Å²) < 4.78 is 33.8. The number of esters is 1. The smallest absolute Gasteiger partial charge is 0.343 e. The van der Waals surface area contributed by atoms with E-state index in [0.717, 1.165) is 34.9 Å². The Labute approximate surface area is 360 Å². The highest BCUT2D eigenvalue weighted by Gasteiger charge is 2.45. The average molecular weight is 860 g/mol. The van der Waals surface area contributed by atoms with Crippen molar-refractivity contribution < 1.29 is 52.7 Å². The van der Waals surface area contributed by atoms with Gasteiger partial charge in [-0.2, -0.15) is 0 Å². The van der Waals surface area contributed by atoms with Gasteiger partial charge in [-0.15, -0.1) is 6.42 Å². The summed E-state index contributed by atoms with van der Waals surface area (Å²) in [5, 5.41) is 20.7. The van der Waals surface area contributed by atoms with Crippen molar-refractivity contribution in [1.29, 1.82) is 0 Å². The van der Waals surface area contributed by atoms with Crippen LogP contribution in [0.4, 0.5) is 5.69 Å². The van der Waals surface area contributed by atoms with E-state index in [1.54, 1.807) is 30.5 Å². The Bertz CT molecular complexity index is 2250. The van der Waals surface area contributed by atoms with E-state index in [1.165, 1.54) is 0 Å². The number of benzene rings is 1. The fourth-order valence-electron chi connectivity index (χ4n) is 8.00. The minimum absolute atomic E-state index is 0.0390. The van der Waals surface area contributed by atoms with Crippen molar-refractivity contribution in [3.63, 3.8) is 0 Å². The van der Waals surface area contributed by atoms with Crippen molar-refractivity contribution in [2.75, 3.05) is 71.4 Å². The molecular weight excluding hydrogens is 803 g/mol. The SMILES string of the molecule is C#CCOCCOCCOCCOCCOCCC(=O)N[C@H](C(=O)N[C@@H](C)C(=O)Nc1ccc2nc3c(c4c2c1CCC4)Cn1c-3cc2c(c1=O)COC(=O)[C@]2(O)CC)C(C)C. The van der Waals surface area contributed by atoms with Crippen molar-refractivity contribution in [2.45, 2.75) is 90.6 Å². The van der Waals surface area contributed by atoms with Gasteiger partial charge in [0.2, 0.25) is 17.7 Å². The number of terminal acetylenes is 1. The molecule has 0 unspecified atom stereocenters. The summed E-state index contributed by atoms with van der Waals surface area (Å²) in [7, 11) is 0. The summed E-state index contributed by atoms with van der Waals surface area (Å²) in [4.78, 5) is 71.1. The molecule has 62 heavy (non-hydrogen) atoms. The highest BCUT2D eigenvalue weighted by molar-refractivity contribution is 6.02. The number of aliphatic hydroxyl groups is 1. The number of aryl methyl sites for hydroxylation is 2. The zero-order chi connectivity index (χ0) is 44.4. The minimum Gasteiger partial charge on any atom is -0.458 e. The van der Waals surface area contributed by atoms with Crippen LogP contribution in [0.1, 0.15) is 74.8 Å². The number of pyridine rings is 2. The van der Waals surface area contributed by atoms with Crippen molar-refractivity contribution in [2.24, 2.45) is 5.92 Å². The van der Waals surface area contributed by atoms with E-state index in [9.17, 15) is 29.1 Å². The fraction of sp³-hybridized carbons (Fsp3) is 0.556. The first-order valence-corrected chi connectivity index (χ1v) is 21.3. The molecule has 4 N–H and O–H groups in total. The van der Waals surface area contributed by atoms with Crippen LogP contribution in [0.2, 0.25) is 0 Å². The number of hydrogen-bond acceptors (Lipinski definition) is 13. The summed E-state index contributed by atoms with van der Waals surface area (Å²) in [6, 6.07) is 3.51. The molecule has 0 fully saturated rings. The molecular formula is C45H57N5O12. The van der Waals surface area contributed by atoms with Crippen LogP contribution >= 0.6 is 0 Å². The third kappa shape index (κ3) is 10.3. The first kappa shape index (κ1) is 46.3. The van der Waals surface area contributed by atoms with Gasteiger partial charge in [0.25, 0.3) is 5.56 Å². The molecule has 3 aliphatic rings. The Kier molecular flexibility index (Phi) is 15.9. The standard InChI is InChI=1S/C45H57N5O12/c1-6-14-57-16-18-59-20-22-61-23-21-60-19-17-58-15-13-37(51)49-39(27(3)4)42(53)46-28(5)41(52)48-34-11-12-35-38-29(9-8-10-30(34)38)31-25-50-36(40(31)47-35)24-33-32(43(50)54)26-62-44(55)45(33,56)7-2/h1,11-12,24,27-28,39,56H,7-10,13-23,25-26H2,2-5H3,(H,46,53)(H,48,52)(H,49,51)/t28-,39-,45-/m0/s1. The van der Waals surface area contributed by atoms with Crippen molar-refractivity contribution >= 4 is 40.3 Å². The summed E-state index contributed by atoms with van der Waals surface area (Å²) in [6.45, 7) is 10.5. The minimum atomic E-state index is -1.92. The van der Waals surface area contributed by atoms with Crippen LogP contribution in [-0.4, -0.2) is 117 Å². The molecule has 334 valence electrons. The molecule has 0 radical (unpaired) electrons. The van der Waals surface area contributed by atoms with Crippen LogP contribution < -0.4 is 21.5 Å². The quantitative estimate of drug-likeness (QED) is 0.0479. The summed E-state index contributed by atoms with van der Waals surface area (Å²) in [5.41, 5.74) is 3.61. The van der Waals surface area contributed by atoms with Gasteiger partial charge in [-0.25, -0.2) is 9.78 Å². The molecule has 17 heteroatoms. The van der Waals surface area contributed by atoms with E-state index in [1.807, 2.05) is 19.9 Å². The molecule has 2 aliphatic heterocycles. The Morgan fingerprint density at radius 1 is 0.887 bits per heavy atom. The van der Waals surface area contributed by atoms with Crippen LogP contribution in [0, 0.1) is 18.3 Å². The lowest BCUT2D eigenvalue weighted by Gasteiger charge is -2.31. The molecule has 1 aromatic carbocycles. The fourth-order valence-corrected chi connectivity index (χ4v) is 8.00. The maximum absolute atomic E-state index is 13.8. The first-order chi connectivity index (χ1) is 29.9. The molecule has 17 nitrogen and oxygen atoms in total. The topological polar surface area (TPSA) is 215 Å². The third-order valence-corrected chi connectivity index (χ3v) is 11.4. The maximum Gasteiger partial charge on any atom is 0.343 e. The van der Waals surface area contributed by atoms with E-state index in [2.05, 4.69) is 21.9 Å². The van der Waals surface area contributed by atoms with Crippen LogP contribution in [0.3, 0.4) is 0 Å². The Morgan fingerprint density at radius 2 is 1.53 bits per heavy atom. The number of rotatable bonds is 23. The second-order valence-corrected chi connectivity index (χ2v) is 15.8. The number of nitrogens with one attached hydrogen (secondary N) is 3. The number of carbonyl (C=O) groups is 4. The number of anilines is 1. The number of nitrogens with zero attached hydrogens (tertiary/aromatic N) is 2. The zero-order valence-electron chi connectivity index (χ0n) is 35.9. The van der Waals surface area contributed by atoms with Gasteiger partial charge in [-0.1, -0.05) is 26.7 Å². The normalized spacial score (nSPS) is 17.1. The van der Waals surface area contributed by atoms with Crippen LogP contribution in [0.15, 0.2) is 23.0 Å². The molecule has 3 aromatic rings. The summed E-state index contributed by atoms with van der Waals surface area (Å²) in [6.07, 6.45) is 7.42. The summed E-state index contributed by atoms with van der Waals surface area (Å²) >= 11 is 0. The molecule has 6 rings (SSSR count). The van der Waals surface area contributed by atoms with Crippen molar-refractivity contribution in [3.8, 4) is 23.7 Å². The van der Waals surface area contributed by atoms with Gasteiger partial charge in [-0.3, -0.25) is 19.2 Å². The predicted molar refractivity (Wildman–Crippen MR) is 227 cm³/mol. The van der Waals surface area contributed by atoms with Gasteiger partial charge in [0.15, 0.2) is 5.60 Å². The number of carbonyl (C=O) groups excluding carboxylic acids is 4. The second kappa shape index (κ2) is 21.2. The molecule has 0 bridgehead atoms. The van der Waals surface area contributed by atoms with E-state index in [4.69, 9.17) is 39.8 Å². The molecule has 0 saturated carbocycles. The summed E-state index contributed by atoms with van der Waals surface area (Å²) in [5.74, 6) is 0.0768. The van der Waals surface area contributed by atoms with Crippen molar-refractivity contribution in [3.05, 3.63) is 56.4 Å². The first-order valence-electron chi connectivity index (χ1n) is 21.3. The largest absolute Gasteiger partial charge is 0.458 e. The highest BCUT2D eigenvalue weighted by Crippen LogP contribution is 2.43. The number of aromatic nitrogens is 2. The molecule has 0 saturated heterocycles. The number of ether oxygens (including phenoxy) is 6. The second-order valence-electron chi connectivity index (χ2n) is 15.8. The lowest BCUT2D eigenvalue weighted by Crippen LogP contribution is -2.53. The lowest BCUT2D eigenvalue weighted by molar-refractivity contribution is -0.172. The van der Waals surface area contributed by atoms with E-state index in [-0.39, 0.29) is 74.3 Å². The Morgan fingerprint density at radius 3 is 2.18 bits per heavy atom. The third-order valence-electron chi connectivity index (χ3n) is 11.4. The van der Waals surface area contributed by atoms with Crippen molar-refractivity contribution in [1.82, 2.24) is 20.2 Å². The highest BCUT2D eigenvalue weighted by atomic mass is 16.6. The van der Waals surface area contributed by atoms with Gasteiger partial charge in [0.1, 0.15) is 25.3 Å². The monoisotopic (exact) mass is 859 g/mol. The lowest BCUT2D eigenvalue weighted by atomic mass is 9.85. The Balaban J connectivity index is 0.984. The number of hydrogen-bond donors (Lipinski definition) is 4. The van der Waals surface area contributed by atoms with E-state index in [0.29, 0.717) is 75.3 Å². The van der Waals surface area contributed by atoms with Crippen LogP contribution in [-0.2, 0) is 79.2 Å². The van der Waals surface area contributed by atoms with Gasteiger partial charge in [0.05, 0.1) is 88.5 Å². The Hall–Kier alpha value is -5.22. The average Bonchev–Trinajstić information content (AvgIpc) is 3.63. The van der Waals surface area contributed by atoms with Crippen LogP contribution in [0.25, 0.3) is 22.3 Å². The predicted octanol–water partition coefficient (Wildman–Crippen LogP) is 2.26. The molecule has 3 amide bonds. The number of cyclic esters (lactones) is 1. The van der Waals surface area contributed by atoms with E-state index >= 15 is 0 Å². The number of fused-ring (bicyclic) bond motifs is 5. The van der Waals surface area contributed by atoms with E-state index < -0.39 is 35.5 Å².